The zero-order valence-corrected chi connectivity index (χ0v) is 27.1. The van der Waals surface area contributed by atoms with E-state index in [1.165, 1.54) is 36.9 Å². The minimum Gasteiger partial charge on any atom is -0.465 e. The summed E-state index contributed by atoms with van der Waals surface area (Å²) in [6.07, 6.45) is 4.98. The van der Waals surface area contributed by atoms with Gasteiger partial charge in [0, 0.05) is 45.4 Å². The summed E-state index contributed by atoms with van der Waals surface area (Å²) in [5, 5.41) is 4.92. The van der Waals surface area contributed by atoms with E-state index in [1.807, 2.05) is 43.0 Å². The molecule has 1 aliphatic heterocycles. The van der Waals surface area contributed by atoms with Gasteiger partial charge in [-0.25, -0.2) is 24.5 Å². The highest BCUT2D eigenvalue weighted by Gasteiger charge is 2.25. The van der Waals surface area contributed by atoms with E-state index in [0.29, 0.717) is 21.1 Å². The highest BCUT2D eigenvalue weighted by atomic mass is 32.1. The molecule has 5 rings (SSSR count). The number of methoxy groups -OCH3 is 4. The van der Waals surface area contributed by atoms with Crippen LogP contribution in [0.1, 0.15) is 33.2 Å². The van der Waals surface area contributed by atoms with Gasteiger partial charge in [0.25, 0.3) is 0 Å². The Bertz CT molecular complexity index is 1580. The molecule has 13 nitrogen and oxygen atoms in total. The fourth-order valence-corrected chi connectivity index (χ4v) is 6.21. The van der Waals surface area contributed by atoms with Gasteiger partial charge in [-0.3, -0.25) is 4.90 Å². The Morgan fingerprint density at radius 2 is 1.53 bits per heavy atom. The number of hydrogen-bond acceptors (Lipinski definition) is 15. The Kier molecular flexibility index (Phi) is 12.1. The molecule has 0 atom stereocenters. The average molecular weight is 632 g/mol. The molecule has 0 aromatic carbocycles. The third-order valence-electron chi connectivity index (χ3n) is 6.08. The predicted molar refractivity (Wildman–Crippen MR) is 173 cm³/mol. The number of nitrogens with one attached hydrogen (secondary N) is 1. The second-order valence-electron chi connectivity index (χ2n) is 8.96. The number of nitrogens with two attached hydrogens (primary N) is 1. The number of carbonyl (C=O) groups excluding carboxylic acids is 2. The first kappa shape index (κ1) is 33.6. The number of rotatable bonds is 8. The van der Waals surface area contributed by atoms with Crippen LogP contribution in [0.4, 0.5) is 22.7 Å². The van der Waals surface area contributed by atoms with E-state index in [9.17, 15) is 9.59 Å². The van der Waals surface area contributed by atoms with Gasteiger partial charge in [-0.15, -0.1) is 22.7 Å². The molecule has 5 heterocycles. The van der Waals surface area contributed by atoms with Crippen molar-refractivity contribution in [1.82, 2.24) is 14.9 Å². The van der Waals surface area contributed by atoms with Crippen LogP contribution in [0.25, 0.3) is 20.4 Å². The van der Waals surface area contributed by atoms with E-state index in [-0.39, 0.29) is 12.4 Å². The second-order valence-corrected chi connectivity index (χ2v) is 11.0. The molecular formula is C28H37N7O6S2. The third kappa shape index (κ3) is 7.37. The number of aromatic nitrogens is 2. The number of ether oxygens (including phenoxy) is 4. The van der Waals surface area contributed by atoms with Crippen LogP contribution in [-0.2, 0) is 18.9 Å². The largest absolute Gasteiger partial charge is 0.465 e. The van der Waals surface area contributed by atoms with E-state index < -0.39 is 5.97 Å². The summed E-state index contributed by atoms with van der Waals surface area (Å²) in [6.45, 7) is 5.65. The van der Waals surface area contributed by atoms with E-state index in [1.54, 1.807) is 33.0 Å². The maximum absolute atomic E-state index is 11.7. The Hall–Kier alpha value is -3.89. The highest BCUT2D eigenvalue weighted by Crippen LogP contribution is 2.44. The Balaban J connectivity index is 0.000000190. The molecule has 3 N–H and O–H groups in total. The Morgan fingerprint density at radius 3 is 2.07 bits per heavy atom. The molecule has 1 aliphatic rings. The van der Waals surface area contributed by atoms with Gasteiger partial charge in [0.05, 0.1) is 42.7 Å². The monoisotopic (exact) mass is 631 g/mol. The van der Waals surface area contributed by atoms with E-state index in [4.69, 9.17) is 19.9 Å². The Labute approximate surface area is 258 Å². The second kappa shape index (κ2) is 15.5. The van der Waals surface area contributed by atoms with Crippen molar-refractivity contribution >= 4 is 84.1 Å². The van der Waals surface area contributed by atoms with Gasteiger partial charge >= 0.3 is 11.9 Å². The lowest BCUT2D eigenvalue weighted by Gasteiger charge is -2.21. The molecule has 0 amide bonds. The lowest BCUT2D eigenvalue weighted by atomic mass is 10.2. The maximum atomic E-state index is 11.7. The number of esters is 2. The van der Waals surface area contributed by atoms with Gasteiger partial charge in [-0.05, 0) is 40.1 Å². The molecule has 0 spiro atoms. The van der Waals surface area contributed by atoms with Crippen molar-refractivity contribution in [2.75, 3.05) is 71.6 Å². The number of aliphatic imine (C=N–C) groups is 1. The van der Waals surface area contributed by atoms with Crippen molar-refractivity contribution in [1.29, 1.82) is 0 Å². The summed E-state index contributed by atoms with van der Waals surface area (Å²) < 4.78 is 19.2. The van der Waals surface area contributed by atoms with E-state index in [2.05, 4.69) is 31.9 Å². The minimum absolute atomic E-state index is 0.213. The van der Waals surface area contributed by atoms with E-state index >= 15 is 0 Å². The van der Waals surface area contributed by atoms with Gasteiger partial charge < -0.3 is 34.9 Å². The molecular weight excluding hydrogens is 594 g/mol. The van der Waals surface area contributed by atoms with Crippen LogP contribution in [0.2, 0.25) is 0 Å². The smallest absolute Gasteiger partial charge is 0.350 e. The number of hydrogen-bond donors (Lipinski definition) is 2. The molecule has 4 aromatic rings. The number of nitrogens with zero attached hydrogens (tertiary/aromatic N) is 5. The van der Waals surface area contributed by atoms with Crippen LogP contribution < -0.4 is 16.0 Å². The zero-order valence-electron chi connectivity index (χ0n) is 25.5. The summed E-state index contributed by atoms with van der Waals surface area (Å²) in [4.78, 5) is 42.5. The summed E-state index contributed by atoms with van der Waals surface area (Å²) in [5.41, 5.74) is 9.01. The van der Waals surface area contributed by atoms with Crippen LogP contribution in [-0.4, -0.2) is 95.2 Å². The van der Waals surface area contributed by atoms with Crippen LogP contribution in [0, 0.1) is 0 Å². The summed E-state index contributed by atoms with van der Waals surface area (Å²) >= 11 is 2.57. The number of carbonyl (C=O) groups is 2. The molecule has 43 heavy (non-hydrogen) atoms. The normalized spacial score (nSPS) is 11.7. The van der Waals surface area contributed by atoms with Crippen molar-refractivity contribution in [3.8, 4) is 0 Å². The van der Waals surface area contributed by atoms with Gasteiger partial charge in [0.1, 0.15) is 25.1 Å². The molecule has 232 valence electrons. The summed E-state index contributed by atoms with van der Waals surface area (Å²) in [5.74, 6) is -0.783. The molecule has 0 fully saturated rings. The van der Waals surface area contributed by atoms with Crippen LogP contribution >= 0.6 is 22.7 Å². The fourth-order valence-electron chi connectivity index (χ4n) is 4.17. The SMILES string of the molecule is CCN1C=Nc2c(C(=O)OC)sc3nccc1c23.CCNc1ccnc2sc(C(=O)OC)c(N)c12.COC(OC)N(C)C. The van der Waals surface area contributed by atoms with Crippen LogP contribution in [0.5, 0.6) is 0 Å². The summed E-state index contributed by atoms with van der Waals surface area (Å²) in [7, 11) is 9.70. The molecule has 15 heteroatoms. The van der Waals surface area contributed by atoms with Crippen molar-refractivity contribution < 1.29 is 28.5 Å². The molecule has 0 bridgehead atoms. The molecule has 0 aliphatic carbocycles. The van der Waals surface area contributed by atoms with Crippen LogP contribution in [0.3, 0.4) is 0 Å². The van der Waals surface area contributed by atoms with Gasteiger partial charge in [0.2, 0.25) is 6.41 Å². The number of nitrogen functional groups attached to an aromatic ring is 1. The lowest BCUT2D eigenvalue weighted by molar-refractivity contribution is -0.179. The average Bonchev–Trinajstić information content (AvgIpc) is 3.57. The third-order valence-corrected chi connectivity index (χ3v) is 8.24. The molecule has 0 saturated heterocycles. The van der Waals surface area contributed by atoms with Crippen molar-refractivity contribution in [2.24, 2.45) is 4.99 Å². The highest BCUT2D eigenvalue weighted by molar-refractivity contribution is 7.21. The van der Waals surface area contributed by atoms with Crippen molar-refractivity contribution in [2.45, 2.75) is 20.3 Å². The number of pyridine rings is 2. The lowest BCUT2D eigenvalue weighted by Crippen LogP contribution is -2.30. The quantitative estimate of drug-likeness (QED) is 0.203. The van der Waals surface area contributed by atoms with Crippen molar-refractivity contribution in [3.05, 3.63) is 34.3 Å². The Morgan fingerprint density at radius 1 is 0.953 bits per heavy atom. The first-order valence-electron chi connectivity index (χ1n) is 13.2. The number of thiophene rings is 2. The van der Waals surface area contributed by atoms with Gasteiger partial charge in [-0.1, -0.05) is 0 Å². The van der Waals surface area contributed by atoms with Gasteiger partial charge in [-0.2, -0.15) is 0 Å². The maximum Gasteiger partial charge on any atom is 0.350 e. The van der Waals surface area contributed by atoms with Gasteiger partial charge in [0.15, 0.2) is 0 Å². The number of anilines is 3. The first-order chi connectivity index (χ1) is 20.7. The standard InChI is InChI=1S/C12H11N3O2S.C11H13N3O2S.C5H13NO2/c1-3-15-6-14-9-8-7(15)4-5-13-11(8)18-10(9)12(16)17-2;1-3-13-6-4-5-14-10-7(6)8(12)9(17-10)11(15)16-2;1-6(2)5(7-3)8-4/h4-6H,3H2,1-2H3;4-5H,3,12H2,1-2H3,(H,13,14);5H,1-4H3. The molecule has 0 radical (unpaired) electrons. The van der Waals surface area contributed by atoms with E-state index in [0.717, 1.165) is 44.9 Å². The predicted octanol–water partition coefficient (Wildman–Crippen LogP) is 4.80. The minimum atomic E-state index is -0.423. The molecule has 0 saturated carbocycles. The topological polar surface area (TPSA) is 154 Å². The van der Waals surface area contributed by atoms with Crippen LogP contribution in [0.15, 0.2) is 29.5 Å². The fraction of sp³-hybridized carbons (Fsp3) is 0.393. The first-order valence-corrected chi connectivity index (χ1v) is 14.8. The number of fused-ring (bicyclic) bond motifs is 1. The van der Waals surface area contributed by atoms with Crippen molar-refractivity contribution in [3.63, 3.8) is 0 Å². The molecule has 0 unspecified atom stereocenters. The molecule has 4 aromatic heterocycles. The zero-order chi connectivity index (χ0) is 31.7. The summed E-state index contributed by atoms with van der Waals surface area (Å²) in [6, 6.07) is 3.78.